The number of hydrogen-bond donors (Lipinski definition) is 0. The van der Waals surface area contributed by atoms with Crippen molar-refractivity contribution in [1.82, 2.24) is 0 Å². The zero-order valence-corrected chi connectivity index (χ0v) is 18.8. The van der Waals surface area contributed by atoms with E-state index in [-0.39, 0.29) is 36.7 Å². The maximum atomic E-state index is 11.7. The molecule has 0 fully saturated rings. The second-order valence-corrected chi connectivity index (χ2v) is 8.09. The summed E-state index contributed by atoms with van der Waals surface area (Å²) in [6.07, 6.45) is 16.2. The summed E-state index contributed by atoms with van der Waals surface area (Å²) in [4.78, 5) is 0. The van der Waals surface area contributed by atoms with Crippen LogP contribution >= 0.6 is 0 Å². The van der Waals surface area contributed by atoms with Crippen LogP contribution in [0.1, 0.15) is 105 Å². The van der Waals surface area contributed by atoms with Crippen molar-refractivity contribution in [3.63, 3.8) is 0 Å². The number of unbranched alkanes of at least 4 members (excludes halogenated alkanes) is 12. The molecule has 136 valence electrons. The van der Waals surface area contributed by atoms with E-state index >= 15 is 0 Å². The maximum Gasteiger partial charge on any atom is 1.00 e. The minimum absolute atomic E-state index is 0. The predicted octanol–water partition coefficient (Wildman–Crippen LogP) is 2.95. The molecule has 0 atom stereocenters. The third-order valence-electron chi connectivity index (χ3n) is 4.01. The van der Waals surface area contributed by atoms with Crippen LogP contribution in [0.3, 0.4) is 0 Å². The summed E-state index contributed by atoms with van der Waals surface area (Å²) in [5, 5.41) is 0. The van der Waals surface area contributed by atoms with E-state index in [1.54, 1.807) is 0 Å². The number of rotatable bonds is 17. The van der Waals surface area contributed by atoms with Gasteiger partial charge in [0.1, 0.15) is 0 Å². The second kappa shape index (κ2) is 19.2. The molecular weight excluding hydrogens is 319 g/mol. The van der Waals surface area contributed by atoms with Gasteiger partial charge in [-0.2, -0.15) is 8.42 Å². The van der Waals surface area contributed by atoms with Crippen molar-refractivity contribution in [3.8, 4) is 0 Å². The smallest absolute Gasteiger partial charge is 1.00 e. The van der Waals surface area contributed by atoms with Crippen molar-refractivity contribution in [2.75, 3.05) is 12.4 Å². The van der Waals surface area contributed by atoms with Crippen LogP contribution in [-0.4, -0.2) is 20.8 Å². The molecular formula is C18H39NaO3S. The summed E-state index contributed by atoms with van der Waals surface area (Å²) in [5.74, 6) is 0.192. The fraction of sp³-hybridized carbons (Fsp3) is 1.00. The van der Waals surface area contributed by atoms with E-state index in [9.17, 15) is 8.42 Å². The van der Waals surface area contributed by atoms with Gasteiger partial charge in [-0.3, -0.25) is 4.18 Å². The van der Waals surface area contributed by atoms with Crippen LogP contribution in [0.5, 0.6) is 0 Å². The Bertz CT molecular complexity index is 324. The topological polar surface area (TPSA) is 43.4 Å². The fourth-order valence-corrected chi connectivity index (χ4v) is 3.59. The van der Waals surface area contributed by atoms with E-state index < -0.39 is 10.1 Å². The molecule has 0 rings (SSSR count). The van der Waals surface area contributed by atoms with Crippen molar-refractivity contribution >= 4 is 10.1 Å². The van der Waals surface area contributed by atoms with E-state index in [1.807, 2.05) is 0 Å². The Kier molecular flexibility index (Phi) is 21.9. The first-order valence-electron chi connectivity index (χ1n) is 9.49. The maximum absolute atomic E-state index is 11.7. The molecule has 0 aromatic rings. The first-order chi connectivity index (χ1) is 10.6. The van der Waals surface area contributed by atoms with Gasteiger partial charge in [0.25, 0.3) is 10.1 Å². The van der Waals surface area contributed by atoms with Crippen molar-refractivity contribution in [2.45, 2.75) is 104 Å². The van der Waals surface area contributed by atoms with E-state index in [0.717, 1.165) is 32.1 Å². The van der Waals surface area contributed by atoms with Crippen LogP contribution in [0, 0.1) is 0 Å². The average Bonchev–Trinajstić information content (AvgIpc) is 2.49. The molecule has 0 saturated carbocycles. The molecule has 0 heterocycles. The van der Waals surface area contributed by atoms with Crippen LogP contribution in [0.4, 0.5) is 0 Å². The predicted molar refractivity (Wildman–Crippen MR) is 96.8 cm³/mol. The molecule has 0 unspecified atom stereocenters. The SMILES string of the molecule is CCCCCCCCCOS(=O)(=O)CCCCCCCCC.[H-].[Na+]. The van der Waals surface area contributed by atoms with Crippen LogP contribution in [-0.2, 0) is 14.3 Å². The van der Waals surface area contributed by atoms with Crippen LogP contribution < -0.4 is 29.6 Å². The third-order valence-corrected chi connectivity index (χ3v) is 5.32. The van der Waals surface area contributed by atoms with Gasteiger partial charge in [0.2, 0.25) is 0 Å². The standard InChI is InChI=1S/C18H38O3S.Na.H/c1-3-5-7-9-11-13-15-17-21-22(19,20)18-16-14-12-10-8-6-4-2;;/h3-18H2,1-2H3;;/q;+1;-1. The van der Waals surface area contributed by atoms with E-state index in [0.29, 0.717) is 6.61 Å². The Morgan fingerprint density at radius 2 is 1.04 bits per heavy atom. The Hall–Kier alpha value is 0.910. The summed E-state index contributed by atoms with van der Waals surface area (Å²) in [6.45, 7) is 4.78. The zero-order chi connectivity index (χ0) is 16.5. The van der Waals surface area contributed by atoms with Crippen molar-refractivity contribution in [1.29, 1.82) is 0 Å². The van der Waals surface area contributed by atoms with Gasteiger partial charge in [0.05, 0.1) is 12.4 Å². The molecule has 0 saturated heterocycles. The number of hydrogen-bond acceptors (Lipinski definition) is 3. The molecule has 0 aliphatic rings. The van der Waals surface area contributed by atoms with E-state index in [1.165, 1.54) is 57.8 Å². The van der Waals surface area contributed by atoms with Gasteiger partial charge in [0, 0.05) is 0 Å². The Morgan fingerprint density at radius 3 is 1.52 bits per heavy atom. The summed E-state index contributed by atoms with van der Waals surface area (Å²) in [6, 6.07) is 0. The van der Waals surface area contributed by atoms with Crippen molar-refractivity contribution < 1.29 is 43.6 Å². The van der Waals surface area contributed by atoms with Crippen LogP contribution in [0.25, 0.3) is 0 Å². The Morgan fingerprint density at radius 1 is 0.652 bits per heavy atom. The fourth-order valence-electron chi connectivity index (χ4n) is 2.54. The molecule has 0 amide bonds. The first-order valence-corrected chi connectivity index (χ1v) is 11.1. The van der Waals surface area contributed by atoms with Gasteiger partial charge in [-0.1, -0.05) is 90.9 Å². The van der Waals surface area contributed by atoms with Gasteiger partial charge in [0.15, 0.2) is 0 Å². The molecule has 0 N–H and O–H groups in total. The molecule has 0 bridgehead atoms. The second-order valence-electron chi connectivity index (χ2n) is 6.33. The normalized spacial score (nSPS) is 11.4. The molecule has 0 aliphatic heterocycles. The van der Waals surface area contributed by atoms with Gasteiger partial charge in [-0.05, 0) is 12.8 Å². The van der Waals surface area contributed by atoms with Gasteiger partial charge < -0.3 is 1.43 Å². The minimum Gasteiger partial charge on any atom is -1.00 e. The zero-order valence-electron chi connectivity index (χ0n) is 16.9. The van der Waals surface area contributed by atoms with Gasteiger partial charge in [-0.15, -0.1) is 0 Å². The first kappa shape index (κ1) is 26.1. The van der Waals surface area contributed by atoms with Crippen molar-refractivity contribution in [2.24, 2.45) is 0 Å². The van der Waals surface area contributed by atoms with E-state index in [4.69, 9.17) is 4.18 Å². The average molecular weight is 359 g/mol. The monoisotopic (exact) mass is 358 g/mol. The quantitative estimate of drug-likeness (QED) is 0.228. The third kappa shape index (κ3) is 20.9. The molecule has 0 spiro atoms. The molecule has 23 heavy (non-hydrogen) atoms. The van der Waals surface area contributed by atoms with Crippen LogP contribution in [0.2, 0.25) is 0 Å². The van der Waals surface area contributed by atoms with Crippen molar-refractivity contribution in [3.05, 3.63) is 0 Å². The Labute approximate surface area is 169 Å². The summed E-state index contributed by atoms with van der Waals surface area (Å²) < 4.78 is 28.5. The summed E-state index contributed by atoms with van der Waals surface area (Å²) in [5.41, 5.74) is 0. The summed E-state index contributed by atoms with van der Waals surface area (Å²) >= 11 is 0. The summed E-state index contributed by atoms with van der Waals surface area (Å²) in [7, 11) is -3.28. The van der Waals surface area contributed by atoms with Crippen LogP contribution in [0.15, 0.2) is 0 Å². The molecule has 0 aliphatic carbocycles. The molecule has 5 heteroatoms. The minimum atomic E-state index is -3.28. The Balaban J connectivity index is -0.00000220. The largest absolute Gasteiger partial charge is 1.00 e. The van der Waals surface area contributed by atoms with Gasteiger partial charge in [-0.25, -0.2) is 0 Å². The molecule has 3 nitrogen and oxygen atoms in total. The molecule has 0 radical (unpaired) electrons. The van der Waals surface area contributed by atoms with E-state index in [2.05, 4.69) is 13.8 Å². The molecule has 0 aromatic heterocycles. The van der Waals surface area contributed by atoms with Gasteiger partial charge >= 0.3 is 29.6 Å². The molecule has 0 aromatic carbocycles.